The standard InChI is InChI=1S/C16H23FN2OS/c1-15(2)9-19(10-16(3,4)20-15)8-12-6-5-11(14(18)21)7-13(12)17/h5-7H,8-10H2,1-4H3,(H2,18,21). The average molecular weight is 310 g/mol. The van der Waals surface area contributed by atoms with Crippen LogP contribution in [0.3, 0.4) is 0 Å². The summed E-state index contributed by atoms with van der Waals surface area (Å²) in [6.07, 6.45) is 0. The highest BCUT2D eigenvalue weighted by molar-refractivity contribution is 7.80. The van der Waals surface area contributed by atoms with E-state index in [1.807, 2.05) is 0 Å². The zero-order chi connectivity index (χ0) is 15.8. The third-order valence-electron chi connectivity index (χ3n) is 3.49. The molecule has 1 aliphatic heterocycles. The van der Waals surface area contributed by atoms with Gasteiger partial charge in [-0.3, -0.25) is 4.90 Å². The van der Waals surface area contributed by atoms with Crippen molar-refractivity contribution in [3.8, 4) is 0 Å². The number of benzene rings is 1. The molecular weight excluding hydrogens is 287 g/mol. The van der Waals surface area contributed by atoms with Gasteiger partial charge in [-0.15, -0.1) is 0 Å². The molecule has 1 fully saturated rings. The minimum absolute atomic E-state index is 0.217. The van der Waals surface area contributed by atoms with Crippen molar-refractivity contribution in [3.05, 3.63) is 35.1 Å². The van der Waals surface area contributed by atoms with Crippen LogP contribution in [0.5, 0.6) is 0 Å². The maximum Gasteiger partial charge on any atom is 0.128 e. The zero-order valence-corrected chi connectivity index (χ0v) is 13.9. The van der Waals surface area contributed by atoms with Crippen LogP contribution in [-0.2, 0) is 11.3 Å². The number of nitrogens with two attached hydrogens (primary N) is 1. The Balaban J connectivity index is 2.16. The highest BCUT2D eigenvalue weighted by Crippen LogP contribution is 2.29. The first kappa shape index (κ1) is 16.3. The molecule has 1 heterocycles. The number of thiocarbonyl (C=S) groups is 1. The van der Waals surface area contributed by atoms with E-state index in [1.165, 1.54) is 6.07 Å². The van der Waals surface area contributed by atoms with Crippen LogP contribution in [0.4, 0.5) is 4.39 Å². The molecule has 5 heteroatoms. The normalized spacial score (nSPS) is 21.2. The molecule has 2 N–H and O–H groups in total. The summed E-state index contributed by atoms with van der Waals surface area (Å²) in [6, 6.07) is 4.95. The van der Waals surface area contributed by atoms with Gasteiger partial charge in [0.05, 0.1) is 11.2 Å². The third-order valence-corrected chi connectivity index (χ3v) is 3.73. The van der Waals surface area contributed by atoms with Crippen LogP contribution in [0.2, 0.25) is 0 Å². The lowest BCUT2D eigenvalue weighted by Crippen LogP contribution is -2.56. The van der Waals surface area contributed by atoms with Crippen molar-refractivity contribution in [2.24, 2.45) is 5.73 Å². The first-order chi connectivity index (χ1) is 9.58. The lowest BCUT2D eigenvalue weighted by atomic mass is 9.98. The highest BCUT2D eigenvalue weighted by Gasteiger charge is 2.38. The van der Waals surface area contributed by atoms with Crippen LogP contribution in [-0.4, -0.2) is 34.2 Å². The summed E-state index contributed by atoms with van der Waals surface area (Å²) in [5.74, 6) is -0.262. The van der Waals surface area contributed by atoms with Gasteiger partial charge in [0.1, 0.15) is 10.8 Å². The first-order valence-corrected chi connectivity index (χ1v) is 7.50. The summed E-state index contributed by atoms with van der Waals surface area (Å²) in [5, 5.41) is 0. The molecule has 0 aromatic heterocycles. The number of hydrogen-bond acceptors (Lipinski definition) is 3. The van der Waals surface area contributed by atoms with Crippen LogP contribution in [0.1, 0.15) is 38.8 Å². The molecule has 1 aromatic carbocycles. The van der Waals surface area contributed by atoms with Crippen molar-refractivity contribution in [1.82, 2.24) is 4.90 Å². The van der Waals surface area contributed by atoms with E-state index in [0.29, 0.717) is 17.7 Å². The van der Waals surface area contributed by atoms with Gasteiger partial charge in [0.15, 0.2) is 0 Å². The lowest BCUT2D eigenvalue weighted by molar-refractivity contribution is -0.182. The van der Waals surface area contributed by atoms with E-state index >= 15 is 0 Å². The summed E-state index contributed by atoms with van der Waals surface area (Å²) in [7, 11) is 0. The summed E-state index contributed by atoms with van der Waals surface area (Å²) in [6.45, 7) is 10.3. The van der Waals surface area contributed by atoms with Crippen molar-refractivity contribution in [3.63, 3.8) is 0 Å². The third kappa shape index (κ3) is 4.22. The van der Waals surface area contributed by atoms with E-state index < -0.39 is 0 Å². The fourth-order valence-electron chi connectivity index (χ4n) is 3.13. The fourth-order valence-corrected chi connectivity index (χ4v) is 3.25. The van der Waals surface area contributed by atoms with Crippen molar-refractivity contribution < 1.29 is 9.13 Å². The SMILES string of the molecule is CC1(C)CN(Cc2ccc(C(N)=S)cc2F)CC(C)(C)O1. The highest BCUT2D eigenvalue weighted by atomic mass is 32.1. The maximum absolute atomic E-state index is 14.2. The van der Waals surface area contributed by atoms with Gasteiger partial charge >= 0.3 is 0 Å². The van der Waals surface area contributed by atoms with Crippen LogP contribution >= 0.6 is 12.2 Å². The molecule has 1 saturated heterocycles. The van der Waals surface area contributed by atoms with Gasteiger partial charge in [0, 0.05) is 30.8 Å². The smallest absolute Gasteiger partial charge is 0.128 e. The number of ether oxygens (including phenoxy) is 1. The molecule has 0 unspecified atom stereocenters. The summed E-state index contributed by atoms with van der Waals surface area (Å²) >= 11 is 4.87. The van der Waals surface area contributed by atoms with Crippen LogP contribution in [0.25, 0.3) is 0 Å². The molecule has 1 aromatic rings. The quantitative estimate of drug-likeness (QED) is 0.871. The van der Waals surface area contributed by atoms with Gasteiger partial charge in [-0.2, -0.15) is 0 Å². The molecule has 0 amide bonds. The van der Waals surface area contributed by atoms with Gasteiger partial charge in [-0.25, -0.2) is 4.39 Å². The summed E-state index contributed by atoms with van der Waals surface area (Å²) in [5.41, 5.74) is 6.27. The van der Waals surface area contributed by atoms with E-state index in [1.54, 1.807) is 12.1 Å². The van der Waals surface area contributed by atoms with Crippen LogP contribution < -0.4 is 5.73 Å². The van der Waals surface area contributed by atoms with E-state index in [0.717, 1.165) is 13.1 Å². The van der Waals surface area contributed by atoms with Gasteiger partial charge in [0.2, 0.25) is 0 Å². The van der Waals surface area contributed by atoms with Crippen LogP contribution in [0, 0.1) is 5.82 Å². The van der Waals surface area contributed by atoms with Gasteiger partial charge in [0.25, 0.3) is 0 Å². The van der Waals surface area contributed by atoms with Crippen molar-refractivity contribution in [2.45, 2.75) is 45.4 Å². The Morgan fingerprint density at radius 1 is 1.29 bits per heavy atom. The van der Waals surface area contributed by atoms with Crippen molar-refractivity contribution in [2.75, 3.05) is 13.1 Å². The predicted molar refractivity (Wildman–Crippen MR) is 86.8 cm³/mol. The lowest BCUT2D eigenvalue weighted by Gasteiger charge is -2.47. The first-order valence-electron chi connectivity index (χ1n) is 7.09. The second-order valence-electron chi connectivity index (χ2n) is 6.94. The Labute approximate surface area is 131 Å². The second-order valence-corrected chi connectivity index (χ2v) is 7.38. The number of hydrogen-bond donors (Lipinski definition) is 1. The summed E-state index contributed by atoms with van der Waals surface area (Å²) < 4.78 is 20.2. The zero-order valence-electron chi connectivity index (χ0n) is 13.1. The fraction of sp³-hybridized carbons (Fsp3) is 0.562. The number of nitrogens with zero attached hydrogens (tertiary/aromatic N) is 1. The topological polar surface area (TPSA) is 38.5 Å². The number of halogens is 1. The van der Waals surface area contributed by atoms with E-state index in [9.17, 15) is 4.39 Å². The Hall–Kier alpha value is -1.04. The Morgan fingerprint density at radius 2 is 1.86 bits per heavy atom. The molecule has 0 atom stereocenters. The largest absolute Gasteiger partial charge is 0.389 e. The van der Waals surface area contributed by atoms with Crippen molar-refractivity contribution in [1.29, 1.82) is 0 Å². The Kier molecular flexibility index (Phi) is 4.38. The maximum atomic E-state index is 14.2. The molecule has 3 nitrogen and oxygen atoms in total. The molecule has 0 radical (unpaired) electrons. The predicted octanol–water partition coefficient (Wildman–Crippen LogP) is 2.85. The van der Waals surface area contributed by atoms with E-state index in [2.05, 4.69) is 32.6 Å². The van der Waals surface area contributed by atoms with Crippen molar-refractivity contribution >= 4 is 17.2 Å². The van der Waals surface area contributed by atoms with Gasteiger partial charge in [-0.1, -0.05) is 24.4 Å². The molecule has 0 saturated carbocycles. The van der Waals surface area contributed by atoms with E-state index in [4.69, 9.17) is 22.7 Å². The molecule has 1 aliphatic rings. The second kappa shape index (κ2) is 5.63. The molecule has 2 rings (SSSR count). The van der Waals surface area contributed by atoms with Crippen LogP contribution in [0.15, 0.2) is 18.2 Å². The molecule has 21 heavy (non-hydrogen) atoms. The van der Waals surface area contributed by atoms with Gasteiger partial charge in [-0.05, 0) is 33.8 Å². The van der Waals surface area contributed by atoms with E-state index in [-0.39, 0.29) is 22.0 Å². The number of morpholine rings is 1. The van der Waals surface area contributed by atoms with Gasteiger partial charge < -0.3 is 10.5 Å². The summed E-state index contributed by atoms with van der Waals surface area (Å²) in [4.78, 5) is 2.44. The molecule has 0 spiro atoms. The minimum Gasteiger partial charge on any atom is -0.389 e. The number of rotatable bonds is 3. The Morgan fingerprint density at radius 3 is 2.33 bits per heavy atom. The molecule has 0 bridgehead atoms. The minimum atomic E-state index is -0.262. The Bertz CT molecular complexity index is 541. The molecular formula is C16H23FN2OS. The molecule has 116 valence electrons. The average Bonchev–Trinajstić information content (AvgIpc) is 2.27. The monoisotopic (exact) mass is 310 g/mol. The molecule has 0 aliphatic carbocycles.